The first-order valence-corrected chi connectivity index (χ1v) is 7.10. The maximum atomic E-state index is 12.2. The number of hydrogen-bond acceptors (Lipinski definition) is 3. The summed E-state index contributed by atoms with van der Waals surface area (Å²) in [6.07, 6.45) is 1.86. The molecule has 4 heteroatoms. The summed E-state index contributed by atoms with van der Waals surface area (Å²) in [6.45, 7) is 0.771. The quantitative estimate of drug-likeness (QED) is 0.943. The van der Waals surface area contributed by atoms with Gasteiger partial charge in [0.15, 0.2) is 0 Å². The van der Waals surface area contributed by atoms with Crippen LogP contribution in [-0.2, 0) is 11.3 Å². The van der Waals surface area contributed by atoms with Crippen molar-refractivity contribution < 1.29 is 14.3 Å². The van der Waals surface area contributed by atoms with E-state index in [1.165, 1.54) is 0 Å². The van der Waals surface area contributed by atoms with Gasteiger partial charge in [-0.25, -0.2) is 0 Å². The number of carbonyl (C=O) groups is 1. The second-order valence-electron chi connectivity index (χ2n) is 5.03. The number of ether oxygens (including phenoxy) is 2. The lowest BCUT2D eigenvalue weighted by atomic mass is 10.1. The molecule has 2 aromatic carbocycles. The Kier molecular flexibility index (Phi) is 4.10. The molecule has 0 spiro atoms. The summed E-state index contributed by atoms with van der Waals surface area (Å²) in [5, 5.41) is 2.91. The molecule has 1 amide bonds. The normalized spacial score (nSPS) is 12.7. The van der Waals surface area contributed by atoms with E-state index in [2.05, 4.69) is 5.32 Å². The maximum absolute atomic E-state index is 12.2. The Morgan fingerprint density at radius 2 is 2.05 bits per heavy atom. The van der Waals surface area contributed by atoms with E-state index < -0.39 is 0 Å². The molecule has 2 aromatic rings. The zero-order valence-corrected chi connectivity index (χ0v) is 12.3. The summed E-state index contributed by atoms with van der Waals surface area (Å²) in [4.78, 5) is 12.2. The first-order valence-electron chi connectivity index (χ1n) is 7.10. The van der Waals surface area contributed by atoms with Gasteiger partial charge in [0.05, 0.1) is 12.7 Å². The van der Waals surface area contributed by atoms with Crippen LogP contribution in [0, 0.1) is 0 Å². The third-order valence-electron chi connectivity index (χ3n) is 3.52. The number of rotatable bonds is 4. The van der Waals surface area contributed by atoms with Crippen molar-refractivity contribution in [2.75, 3.05) is 13.7 Å². The van der Waals surface area contributed by atoms with Gasteiger partial charge < -0.3 is 14.8 Å². The smallest absolute Gasteiger partial charge is 0.250 e. The Labute approximate surface area is 129 Å². The highest BCUT2D eigenvalue weighted by Crippen LogP contribution is 2.30. The van der Waals surface area contributed by atoms with Crippen LogP contribution in [0.25, 0.3) is 6.08 Å². The largest absolute Gasteiger partial charge is 0.497 e. The predicted octanol–water partition coefficient (Wildman–Crippen LogP) is 2.79. The highest BCUT2D eigenvalue weighted by Gasteiger charge is 2.17. The van der Waals surface area contributed by atoms with Crippen LogP contribution in [0.4, 0.5) is 0 Å². The van der Waals surface area contributed by atoms with Crippen molar-refractivity contribution in [2.45, 2.75) is 6.54 Å². The number of nitrogens with one attached hydrogen (secondary N) is 1. The van der Waals surface area contributed by atoms with Crippen molar-refractivity contribution in [1.82, 2.24) is 5.32 Å². The molecule has 0 saturated carbocycles. The second-order valence-corrected chi connectivity index (χ2v) is 5.03. The van der Waals surface area contributed by atoms with Crippen LogP contribution >= 0.6 is 0 Å². The van der Waals surface area contributed by atoms with Crippen LogP contribution < -0.4 is 14.8 Å². The van der Waals surface area contributed by atoms with E-state index in [0.29, 0.717) is 12.1 Å². The van der Waals surface area contributed by atoms with Gasteiger partial charge in [0, 0.05) is 18.2 Å². The van der Waals surface area contributed by atoms with Gasteiger partial charge in [0.2, 0.25) is 0 Å². The molecule has 0 radical (unpaired) electrons. The van der Waals surface area contributed by atoms with Crippen molar-refractivity contribution in [3.63, 3.8) is 0 Å². The van der Waals surface area contributed by atoms with Gasteiger partial charge >= 0.3 is 0 Å². The molecule has 22 heavy (non-hydrogen) atoms. The minimum atomic E-state index is -0.106. The molecule has 0 aromatic heterocycles. The highest BCUT2D eigenvalue weighted by molar-refractivity contribution is 5.99. The lowest BCUT2D eigenvalue weighted by Gasteiger charge is -2.18. The summed E-state index contributed by atoms with van der Waals surface area (Å²) in [5.41, 5.74) is 2.57. The van der Waals surface area contributed by atoms with Gasteiger partial charge in [-0.2, -0.15) is 0 Å². The molecule has 0 unspecified atom stereocenters. The molecule has 0 atom stereocenters. The minimum Gasteiger partial charge on any atom is -0.497 e. The Balaban J connectivity index is 1.69. The molecular formula is C18H17NO3. The van der Waals surface area contributed by atoms with Crippen molar-refractivity contribution in [3.8, 4) is 11.5 Å². The number of carbonyl (C=O) groups excluding carboxylic acids is 1. The first kappa shape index (κ1) is 14.2. The average molecular weight is 295 g/mol. The van der Waals surface area contributed by atoms with Crippen LogP contribution in [0.1, 0.15) is 11.1 Å². The molecule has 0 saturated heterocycles. The Bertz CT molecular complexity index is 708. The van der Waals surface area contributed by atoms with Crippen LogP contribution in [0.5, 0.6) is 11.5 Å². The number of benzene rings is 2. The van der Waals surface area contributed by atoms with E-state index in [-0.39, 0.29) is 12.5 Å². The zero-order valence-electron chi connectivity index (χ0n) is 12.3. The third kappa shape index (κ3) is 3.11. The average Bonchev–Trinajstić information content (AvgIpc) is 2.59. The maximum Gasteiger partial charge on any atom is 0.250 e. The number of fused-ring (bicyclic) bond motifs is 1. The summed E-state index contributed by atoms with van der Waals surface area (Å²) in [7, 11) is 1.61. The molecule has 3 rings (SSSR count). The summed E-state index contributed by atoms with van der Waals surface area (Å²) in [5.74, 6) is 1.37. The molecule has 1 heterocycles. The fraction of sp³-hybridized carbons (Fsp3) is 0.167. The van der Waals surface area contributed by atoms with E-state index in [0.717, 1.165) is 22.6 Å². The lowest BCUT2D eigenvalue weighted by molar-refractivity contribution is -0.117. The molecular weight excluding hydrogens is 278 g/mol. The first-order chi connectivity index (χ1) is 10.8. The van der Waals surface area contributed by atoms with Gasteiger partial charge in [0.1, 0.15) is 18.1 Å². The Morgan fingerprint density at radius 3 is 2.82 bits per heavy atom. The van der Waals surface area contributed by atoms with Gasteiger partial charge in [0.25, 0.3) is 5.91 Å². The molecule has 112 valence electrons. The van der Waals surface area contributed by atoms with Crippen molar-refractivity contribution in [1.29, 1.82) is 0 Å². The molecule has 0 bridgehead atoms. The minimum absolute atomic E-state index is 0.106. The van der Waals surface area contributed by atoms with Gasteiger partial charge in [-0.05, 0) is 23.8 Å². The SMILES string of the molecule is COc1ccc2c(c1)OCC(C(=O)NCc1ccccc1)=C2. The fourth-order valence-corrected chi connectivity index (χ4v) is 2.29. The van der Waals surface area contributed by atoms with Crippen molar-refractivity contribution in [3.05, 3.63) is 65.2 Å². The topological polar surface area (TPSA) is 47.6 Å². The second kappa shape index (κ2) is 6.35. The molecule has 0 fully saturated rings. The molecule has 1 N–H and O–H groups in total. The summed E-state index contributed by atoms with van der Waals surface area (Å²) in [6, 6.07) is 15.4. The van der Waals surface area contributed by atoms with E-state index >= 15 is 0 Å². The van der Waals surface area contributed by atoms with Crippen LogP contribution in [0.15, 0.2) is 54.1 Å². The van der Waals surface area contributed by atoms with Crippen LogP contribution in [0.3, 0.4) is 0 Å². The number of amides is 1. The van der Waals surface area contributed by atoms with Crippen LogP contribution in [-0.4, -0.2) is 19.6 Å². The van der Waals surface area contributed by atoms with Crippen LogP contribution in [0.2, 0.25) is 0 Å². The Morgan fingerprint density at radius 1 is 1.23 bits per heavy atom. The highest BCUT2D eigenvalue weighted by atomic mass is 16.5. The standard InChI is InChI=1S/C18H17NO3/c1-21-16-8-7-14-9-15(12-22-17(14)10-16)18(20)19-11-13-5-3-2-4-6-13/h2-10H,11-12H2,1H3,(H,19,20). The van der Waals surface area contributed by atoms with E-state index in [9.17, 15) is 4.79 Å². The number of hydrogen-bond donors (Lipinski definition) is 1. The summed E-state index contributed by atoms with van der Waals surface area (Å²) >= 11 is 0. The molecule has 1 aliphatic heterocycles. The molecule has 4 nitrogen and oxygen atoms in total. The van der Waals surface area contributed by atoms with E-state index in [1.807, 2.05) is 54.6 Å². The molecule has 0 aliphatic carbocycles. The van der Waals surface area contributed by atoms with E-state index in [1.54, 1.807) is 7.11 Å². The molecule has 1 aliphatic rings. The monoisotopic (exact) mass is 295 g/mol. The van der Waals surface area contributed by atoms with Gasteiger partial charge in [-0.1, -0.05) is 30.3 Å². The fourth-order valence-electron chi connectivity index (χ4n) is 2.29. The van der Waals surface area contributed by atoms with Crippen molar-refractivity contribution >= 4 is 12.0 Å². The van der Waals surface area contributed by atoms with Crippen molar-refractivity contribution in [2.24, 2.45) is 0 Å². The predicted molar refractivity (Wildman–Crippen MR) is 84.8 cm³/mol. The zero-order chi connectivity index (χ0) is 15.4. The third-order valence-corrected chi connectivity index (χ3v) is 3.52. The van der Waals surface area contributed by atoms with E-state index in [4.69, 9.17) is 9.47 Å². The lowest BCUT2D eigenvalue weighted by Crippen LogP contribution is -2.28. The number of methoxy groups -OCH3 is 1. The van der Waals surface area contributed by atoms with Gasteiger partial charge in [-0.3, -0.25) is 4.79 Å². The van der Waals surface area contributed by atoms with Gasteiger partial charge in [-0.15, -0.1) is 0 Å². The summed E-state index contributed by atoms with van der Waals surface area (Å²) < 4.78 is 10.8. The Hall–Kier alpha value is -2.75.